The second-order valence-corrected chi connectivity index (χ2v) is 8.48. The second-order valence-electron chi connectivity index (χ2n) is 5.77. The van der Waals surface area contributed by atoms with Gasteiger partial charge in [-0.25, -0.2) is 4.98 Å². The molecule has 0 radical (unpaired) electrons. The van der Waals surface area contributed by atoms with Crippen LogP contribution in [-0.2, 0) is 10.3 Å². The molecule has 0 spiro atoms. The molecule has 0 fully saturated rings. The molecule has 0 atom stereocenters. The lowest BCUT2D eigenvalue weighted by atomic mass is 10.1. The van der Waals surface area contributed by atoms with Crippen molar-refractivity contribution in [2.75, 3.05) is 0 Å². The van der Waals surface area contributed by atoms with Crippen molar-refractivity contribution in [1.82, 2.24) is 20.4 Å². The highest BCUT2D eigenvalue weighted by atomic mass is 35.5. The molecule has 3 heterocycles. The van der Waals surface area contributed by atoms with E-state index in [-0.39, 0.29) is 5.91 Å². The molecule has 0 aliphatic carbocycles. The van der Waals surface area contributed by atoms with Gasteiger partial charge in [-0.15, -0.1) is 22.7 Å². The molecule has 3 aromatic rings. The predicted molar refractivity (Wildman–Crippen MR) is 95.3 cm³/mol. The van der Waals surface area contributed by atoms with Gasteiger partial charge in [0.1, 0.15) is 9.88 Å². The molecule has 126 valence electrons. The Kier molecular flexibility index (Phi) is 4.46. The fourth-order valence-corrected chi connectivity index (χ4v) is 4.28. The number of carbonyl (C=O) groups is 1. The molecule has 0 aliphatic heterocycles. The van der Waals surface area contributed by atoms with Gasteiger partial charge in [0.15, 0.2) is 5.82 Å². The molecule has 0 bridgehead atoms. The van der Waals surface area contributed by atoms with Crippen LogP contribution >= 0.6 is 34.3 Å². The fourth-order valence-electron chi connectivity index (χ4n) is 2.20. The van der Waals surface area contributed by atoms with Gasteiger partial charge in [-0.1, -0.05) is 16.8 Å². The summed E-state index contributed by atoms with van der Waals surface area (Å²) in [7, 11) is 0. The highest BCUT2D eigenvalue weighted by molar-refractivity contribution is 7.25. The molecule has 1 amide bonds. The van der Waals surface area contributed by atoms with Gasteiger partial charge in [-0.05, 0) is 32.9 Å². The van der Waals surface area contributed by atoms with Crippen LogP contribution in [0.25, 0.3) is 20.7 Å². The molecular formula is C15H15ClN4O2S2. The largest absolute Gasteiger partial charge is 0.344 e. The van der Waals surface area contributed by atoms with Crippen molar-refractivity contribution in [2.24, 2.45) is 0 Å². The van der Waals surface area contributed by atoms with Gasteiger partial charge >= 0.3 is 0 Å². The van der Waals surface area contributed by atoms with Gasteiger partial charge in [0.05, 0.1) is 20.4 Å². The lowest BCUT2D eigenvalue weighted by Gasteiger charge is -2.20. The average Bonchev–Trinajstić information content (AvgIpc) is 3.15. The molecule has 0 aliphatic rings. The van der Waals surface area contributed by atoms with E-state index in [0.717, 1.165) is 24.8 Å². The Morgan fingerprint density at radius 3 is 2.67 bits per heavy atom. The third-order valence-corrected chi connectivity index (χ3v) is 5.79. The molecule has 3 aromatic heterocycles. The maximum atomic E-state index is 11.3. The van der Waals surface area contributed by atoms with Crippen LogP contribution in [-0.4, -0.2) is 21.0 Å². The van der Waals surface area contributed by atoms with Gasteiger partial charge in [0.25, 0.3) is 5.89 Å². The van der Waals surface area contributed by atoms with Crippen molar-refractivity contribution in [1.29, 1.82) is 0 Å². The number of aromatic nitrogens is 3. The normalized spacial score (nSPS) is 11.7. The van der Waals surface area contributed by atoms with Crippen molar-refractivity contribution in [3.63, 3.8) is 0 Å². The van der Waals surface area contributed by atoms with Crippen molar-refractivity contribution in [3.05, 3.63) is 28.0 Å². The highest BCUT2D eigenvalue weighted by Gasteiger charge is 2.29. The number of nitrogens with zero attached hydrogens (tertiary/aromatic N) is 3. The number of thiophene rings is 1. The van der Waals surface area contributed by atoms with Crippen LogP contribution in [0.3, 0.4) is 0 Å². The predicted octanol–water partition coefficient (Wildman–Crippen LogP) is 4.25. The number of hydrogen-bond acceptors (Lipinski definition) is 7. The number of amides is 1. The van der Waals surface area contributed by atoms with Crippen LogP contribution in [0.5, 0.6) is 0 Å². The third-order valence-electron chi connectivity index (χ3n) is 3.25. The van der Waals surface area contributed by atoms with E-state index in [1.54, 1.807) is 0 Å². The number of nitrogens with one attached hydrogen (secondary N) is 1. The number of thiazole rings is 1. The zero-order valence-electron chi connectivity index (χ0n) is 13.5. The Morgan fingerprint density at radius 2 is 2.04 bits per heavy atom. The van der Waals surface area contributed by atoms with Gasteiger partial charge in [-0.2, -0.15) is 4.98 Å². The average molecular weight is 383 g/mol. The van der Waals surface area contributed by atoms with Crippen molar-refractivity contribution < 1.29 is 9.32 Å². The first-order chi connectivity index (χ1) is 11.3. The van der Waals surface area contributed by atoms with E-state index in [2.05, 4.69) is 20.4 Å². The zero-order valence-corrected chi connectivity index (χ0v) is 15.9. The summed E-state index contributed by atoms with van der Waals surface area (Å²) < 4.78 is 6.11. The van der Waals surface area contributed by atoms with Gasteiger partial charge < -0.3 is 9.84 Å². The van der Waals surface area contributed by atoms with Crippen LogP contribution in [0.15, 0.2) is 16.7 Å². The number of carbonyl (C=O) groups excluding carboxylic acids is 1. The van der Waals surface area contributed by atoms with E-state index in [1.165, 1.54) is 29.6 Å². The van der Waals surface area contributed by atoms with E-state index in [4.69, 9.17) is 16.1 Å². The summed E-state index contributed by atoms with van der Waals surface area (Å²) in [5.41, 5.74) is 0.100. The number of halogens is 1. The molecule has 9 heteroatoms. The standard InChI is InChI=1S/C15H15ClN4O2S2/c1-7-11(24-13(17-7)9-5-6-10(16)23-9)12-18-14(20-22-12)15(3,4)19-8(2)21/h5-6H,1-4H3,(H,19,21). The maximum absolute atomic E-state index is 11.3. The van der Waals surface area contributed by atoms with E-state index in [9.17, 15) is 4.79 Å². The molecule has 0 saturated heterocycles. The van der Waals surface area contributed by atoms with E-state index in [1.807, 2.05) is 32.9 Å². The topological polar surface area (TPSA) is 80.9 Å². The van der Waals surface area contributed by atoms with Crippen molar-refractivity contribution in [2.45, 2.75) is 33.2 Å². The molecule has 0 unspecified atom stereocenters. The first-order valence-electron chi connectivity index (χ1n) is 7.13. The lowest BCUT2D eigenvalue weighted by molar-refractivity contribution is -0.120. The first-order valence-corrected chi connectivity index (χ1v) is 9.14. The van der Waals surface area contributed by atoms with Gasteiger partial charge in [0.2, 0.25) is 5.91 Å². The Morgan fingerprint density at radius 1 is 1.29 bits per heavy atom. The molecule has 24 heavy (non-hydrogen) atoms. The summed E-state index contributed by atoms with van der Waals surface area (Å²) in [5, 5.41) is 7.66. The van der Waals surface area contributed by atoms with Gasteiger partial charge in [0, 0.05) is 6.92 Å². The zero-order chi connectivity index (χ0) is 17.5. The summed E-state index contributed by atoms with van der Waals surface area (Å²) in [6.07, 6.45) is 0. The lowest BCUT2D eigenvalue weighted by Crippen LogP contribution is -2.40. The number of aryl methyl sites for hydroxylation is 1. The number of hydrogen-bond donors (Lipinski definition) is 1. The van der Waals surface area contributed by atoms with Crippen LogP contribution in [0.2, 0.25) is 4.34 Å². The minimum atomic E-state index is -0.712. The van der Waals surface area contributed by atoms with Crippen LogP contribution in [0, 0.1) is 6.92 Å². The third kappa shape index (κ3) is 3.35. The van der Waals surface area contributed by atoms with Crippen LogP contribution < -0.4 is 5.32 Å². The van der Waals surface area contributed by atoms with Crippen LogP contribution in [0.4, 0.5) is 0 Å². The summed E-state index contributed by atoms with van der Waals surface area (Å²) in [6, 6.07) is 3.78. The SMILES string of the molecule is CC(=O)NC(C)(C)c1noc(-c2sc(-c3ccc(Cl)s3)nc2C)n1. The molecule has 0 saturated carbocycles. The van der Waals surface area contributed by atoms with E-state index in [0.29, 0.717) is 11.7 Å². The quantitative estimate of drug-likeness (QED) is 0.729. The maximum Gasteiger partial charge on any atom is 0.270 e. The Bertz CT molecular complexity index is 897. The molecule has 0 aromatic carbocycles. The first kappa shape index (κ1) is 17.1. The molecule has 1 N–H and O–H groups in total. The summed E-state index contributed by atoms with van der Waals surface area (Å²) >= 11 is 8.94. The summed E-state index contributed by atoms with van der Waals surface area (Å²) in [4.78, 5) is 22.1. The minimum Gasteiger partial charge on any atom is -0.344 e. The Hall–Kier alpha value is -1.77. The monoisotopic (exact) mass is 382 g/mol. The van der Waals surface area contributed by atoms with Crippen LogP contribution in [0.1, 0.15) is 32.3 Å². The molecule has 3 rings (SSSR count). The molecular weight excluding hydrogens is 368 g/mol. The summed E-state index contributed by atoms with van der Waals surface area (Å²) in [5.74, 6) is 0.658. The van der Waals surface area contributed by atoms with E-state index >= 15 is 0 Å². The number of rotatable bonds is 4. The highest BCUT2D eigenvalue weighted by Crippen LogP contribution is 2.38. The Labute approximate surface area is 151 Å². The second kappa shape index (κ2) is 6.27. The smallest absolute Gasteiger partial charge is 0.270 e. The van der Waals surface area contributed by atoms with Crippen molar-refractivity contribution >= 4 is 40.2 Å². The van der Waals surface area contributed by atoms with Gasteiger partial charge in [-0.3, -0.25) is 4.79 Å². The summed E-state index contributed by atoms with van der Waals surface area (Å²) in [6.45, 7) is 6.99. The fraction of sp³-hybridized carbons (Fsp3) is 0.333. The minimum absolute atomic E-state index is 0.155. The van der Waals surface area contributed by atoms with Crippen molar-refractivity contribution in [3.8, 4) is 20.7 Å². The Balaban J connectivity index is 1.93. The van der Waals surface area contributed by atoms with E-state index < -0.39 is 5.54 Å². The molecule has 6 nitrogen and oxygen atoms in total.